The van der Waals surface area contributed by atoms with E-state index >= 15 is 0 Å². The molecule has 4 rings (SSSR count). The molecule has 1 unspecified atom stereocenters. The molecule has 1 fully saturated rings. The zero-order chi connectivity index (χ0) is 21.3. The second kappa shape index (κ2) is 8.21. The van der Waals surface area contributed by atoms with Crippen LogP contribution in [0.15, 0.2) is 53.4 Å². The Morgan fingerprint density at radius 3 is 2.40 bits per heavy atom. The van der Waals surface area contributed by atoms with E-state index in [2.05, 4.69) is 11.9 Å². The average Bonchev–Trinajstić information content (AvgIpc) is 2.74. The zero-order valence-corrected chi connectivity index (χ0v) is 18.1. The number of aromatic nitrogens is 2. The lowest BCUT2D eigenvalue weighted by atomic mass is 9.99. The number of rotatable bonds is 4. The van der Waals surface area contributed by atoms with Gasteiger partial charge in [-0.3, -0.25) is 0 Å². The van der Waals surface area contributed by atoms with E-state index in [1.54, 1.807) is 18.2 Å². The minimum atomic E-state index is -4.04. The van der Waals surface area contributed by atoms with Crippen molar-refractivity contribution in [1.29, 1.82) is 5.26 Å². The maximum atomic E-state index is 13.4. The van der Waals surface area contributed by atoms with E-state index in [1.807, 2.05) is 29.2 Å². The first kappa shape index (κ1) is 20.6. The molecule has 0 saturated carbocycles. The predicted octanol–water partition coefficient (Wildman–Crippen LogP) is 4.56. The number of para-hydroxylation sites is 2. The molecule has 1 aromatic heterocycles. The topological polar surface area (TPSA) is 86.9 Å². The third kappa shape index (κ3) is 3.85. The molecule has 1 aliphatic rings. The standard InChI is InChI=1S/C22H21ClN4O2S/c1-15-9-11-27(12-10-15)22-21(25-18-7-2-3-8-19(18)26-22)20(14-24)30(28,29)17-6-4-5-16(23)13-17/h2-8,13,15,20H,9-12H2,1H3. The third-order valence-corrected chi connectivity index (χ3v) is 7.56. The van der Waals surface area contributed by atoms with E-state index < -0.39 is 15.1 Å². The Labute approximate surface area is 181 Å². The molecule has 0 bridgehead atoms. The summed E-state index contributed by atoms with van der Waals surface area (Å²) in [7, 11) is -4.04. The molecule has 8 heteroatoms. The van der Waals surface area contributed by atoms with Crippen LogP contribution in [-0.4, -0.2) is 31.5 Å². The summed E-state index contributed by atoms with van der Waals surface area (Å²) >= 11 is 6.01. The third-order valence-electron chi connectivity index (χ3n) is 5.46. The number of anilines is 1. The van der Waals surface area contributed by atoms with E-state index in [9.17, 15) is 13.7 Å². The molecule has 1 saturated heterocycles. The Bertz CT molecular complexity index is 1230. The Balaban J connectivity index is 1.89. The fourth-order valence-corrected chi connectivity index (χ4v) is 5.37. The predicted molar refractivity (Wildman–Crippen MR) is 117 cm³/mol. The van der Waals surface area contributed by atoms with Crippen LogP contribution in [0.4, 0.5) is 5.82 Å². The lowest BCUT2D eigenvalue weighted by Gasteiger charge is -2.32. The number of nitrogens with zero attached hydrogens (tertiary/aromatic N) is 4. The minimum absolute atomic E-state index is 0.00488. The van der Waals surface area contributed by atoms with Crippen molar-refractivity contribution in [2.45, 2.75) is 29.9 Å². The van der Waals surface area contributed by atoms with E-state index in [4.69, 9.17) is 16.6 Å². The fraction of sp³-hybridized carbons (Fsp3) is 0.318. The molecule has 1 atom stereocenters. The molecule has 2 heterocycles. The second-order valence-electron chi connectivity index (χ2n) is 7.60. The molecule has 0 amide bonds. The normalized spacial score (nSPS) is 16.4. The molecule has 30 heavy (non-hydrogen) atoms. The molecule has 3 aromatic rings. The van der Waals surface area contributed by atoms with Gasteiger partial charge in [0.15, 0.2) is 11.1 Å². The molecule has 0 radical (unpaired) electrons. The highest BCUT2D eigenvalue weighted by molar-refractivity contribution is 7.92. The maximum Gasteiger partial charge on any atom is 0.200 e. The molecule has 2 aromatic carbocycles. The Morgan fingerprint density at radius 1 is 1.10 bits per heavy atom. The van der Waals surface area contributed by atoms with Crippen LogP contribution in [-0.2, 0) is 9.84 Å². The number of hydrogen-bond donors (Lipinski definition) is 0. The number of sulfone groups is 1. The molecule has 0 aliphatic carbocycles. The number of benzene rings is 2. The lowest BCUT2D eigenvalue weighted by Crippen LogP contribution is -2.35. The van der Waals surface area contributed by atoms with E-state index in [1.165, 1.54) is 12.1 Å². The van der Waals surface area contributed by atoms with Crippen LogP contribution in [0.5, 0.6) is 0 Å². The summed E-state index contributed by atoms with van der Waals surface area (Å²) < 4.78 is 26.7. The number of halogens is 1. The summed E-state index contributed by atoms with van der Waals surface area (Å²) in [6.45, 7) is 3.69. The number of nitriles is 1. The quantitative estimate of drug-likeness (QED) is 0.591. The number of piperidine rings is 1. The summed E-state index contributed by atoms with van der Waals surface area (Å²) in [6, 6.07) is 15.2. The highest BCUT2D eigenvalue weighted by Gasteiger charge is 2.35. The average molecular weight is 441 g/mol. The SMILES string of the molecule is CC1CCN(c2nc3ccccc3nc2C(C#N)S(=O)(=O)c2cccc(Cl)c2)CC1. The lowest BCUT2D eigenvalue weighted by molar-refractivity contribution is 0.436. The molecule has 1 aliphatic heterocycles. The van der Waals surface area contributed by atoms with Crippen molar-refractivity contribution in [3.63, 3.8) is 0 Å². The van der Waals surface area contributed by atoms with Crippen LogP contribution in [0.2, 0.25) is 5.02 Å². The van der Waals surface area contributed by atoms with Crippen LogP contribution in [0.25, 0.3) is 11.0 Å². The zero-order valence-electron chi connectivity index (χ0n) is 16.5. The Kier molecular flexibility index (Phi) is 5.63. The van der Waals surface area contributed by atoms with Gasteiger partial charge in [0.05, 0.1) is 22.0 Å². The first-order valence-corrected chi connectivity index (χ1v) is 11.7. The number of fused-ring (bicyclic) bond motifs is 1. The summed E-state index contributed by atoms with van der Waals surface area (Å²) in [5.74, 6) is 1.07. The van der Waals surface area contributed by atoms with Crippen molar-refractivity contribution >= 4 is 38.3 Å². The largest absolute Gasteiger partial charge is 0.355 e. The molecular formula is C22H21ClN4O2S. The van der Waals surface area contributed by atoms with Gasteiger partial charge in [0.25, 0.3) is 0 Å². The van der Waals surface area contributed by atoms with Gasteiger partial charge in [-0.05, 0) is 49.1 Å². The van der Waals surface area contributed by atoms with Crippen molar-refractivity contribution in [2.24, 2.45) is 5.92 Å². The summed E-state index contributed by atoms with van der Waals surface area (Å²) in [6.07, 6.45) is 1.96. The van der Waals surface area contributed by atoms with E-state index in [0.29, 0.717) is 27.8 Å². The summed E-state index contributed by atoms with van der Waals surface area (Å²) in [5.41, 5.74) is 1.40. The van der Waals surface area contributed by atoms with Crippen molar-refractivity contribution in [3.8, 4) is 6.07 Å². The highest BCUT2D eigenvalue weighted by Crippen LogP contribution is 2.35. The van der Waals surface area contributed by atoms with Gasteiger partial charge < -0.3 is 4.90 Å². The van der Waals surface area contributed by atoms with Gasteiger partial charge >= 0.3 is 0 Å². The molecule has 154 valence electrons. The van der Waals surface area contributed by atoms with Crippen molar-refractivity contribution in [2.75, 3.05) is 18.0 Å². The van der Waals surface area contributed by atoms with Gasteiger partial charge in [0.1, 0.15) is 5.69 Å². The monoisotopic (exact) mass is 440 g/mol. The second-order valence-corrected chi connectivity index (χ2v) is 10.1. The van der Waals surface area contributed by atoms with Crippen molar-refractivity contribution in [1.82, 2.24) is 9.97 Å². The van der Waals surface area contributed by atoms with Crippen molar-refractivity contribution in [3.05, 3.63) is 59.2 Å². The summed E-state index contributed by atoms with van der Waals surface area (Å²) in [4.78, 5) is 11.4. The van der Waals surface area contributed by atoms with Gasteiger partial charge in [-0.2, -0.15) is 5.26 Å². The minimum Gasteiger partial charge on any atom is -0.355 e. The van der Waals surface area contributed by atoms with Crippen LogP contribution in [0, 0.1) is 17.2 Å². The van der Waals surface area contributed by atoms with Crippen molar-refractivity contribution < 1.29 is 8.42 Å². The van der Waals surface area contributed by atoms with Gasteiger partial charge in [-0.15, -0.1) is 0 Å². The molecule has 0 N–H and O–H groups in total. The highest BCUT2D eigenvalue weighted by atomic mass is 35.5. The van der Waals surface area contributed by atoms with Gasteiger partial charge in [-0.25, -0.2) is 18.4 Å². The van der Waals surface area contributed by atoms with Gasteiger partial charge in [-0.1, -0.05) is 36.7 Å². The number of hydrogen-bond acceptors (Lipinski definition) is 6. The maximum absolute atomic E-state index is 13.4. The smallest absolute Gasteiger partial charge is 0.200 e. The Hall–Kier alpha value is -2.69. The van der Waals surface area contributed by atoms with E-state index in [-0.39, 0.29) is 10.6 Å². The van der Waals surface area contributed by atoms with Gasteiger partial charge in [0.2, 0.25) is 9.84 Å². The Morgan fingerprint density at radius 2 is 1.77 bits per heavy atom. The first-order valence-electron chi connectivity index (χ1n) is 9.81. The van der Waals surface area contributed by atoms with Crippen LogP contribution >= 0.6 is 11.6 Å². The molecular weight excluding hydrogens is 420 g/mol. The molecule has 0 spiro atoms. The van der Waals surface area contributed by atoms with Crippen LogP contribution in [0.3, 0.4) is 0 Å². The first-order chi connectivity index (χ1) is 14.4. The fourth-order valence-electron chi connectivity index (χ4n) is 3.69. The van der Waals surface area contributed by atoms with Crippen LogP contribution in [0.1, 0.15) is 30.7 Å². The van der Waals surface area contributed by atoms with E-state index in [0.717, 1.165) is 25.9 Å². The molecule has 6 nitrogen and oxygen atoms in total. The summed E-state index contributed by atoms with van der Waals surface area (Å²) in [5, 5.41) is 8.74. The van der Waals surface area contributed by atoms with Crippen LogP contribution < -0.4 is 4.90 Å². The van der Waals surface area contributed by atoms with Gasteiger partial charge in [0, 0.05) is 18.1 Å².